The molecule has 0 aromatic carbocycles. The highest BCUT2D eigenvalue weighted by molar-refractivity contribution is 5.49. The third-order valence-corrected chi connectivity index (χ3v) is 1.28. The number of ether oxygens (including phenoxy) is 1. The second-order valence-electron chi connectivity index (χ2n) is 2.26. The average Bonchev–Trinajstić information content (AvgIpc) is 2.03. The van der Waals surface area contributed by atoms with Gasteiger partial charge in [-0.3, -0.25) is 4.98 Å². The highest BCUT2D eigenvalue weighted by atomic mass is 16.5. The molecule has 1 aromatic rings. The van der Waals surface area contributed by atoms with Crippen LogP contribution in [0.5, 0.6) is 5.75 Å². The van der Waals surface area contributed by atoms with Crippen molar-refractivity contribution < 1.29 is 4.74 Å². The minimum atomic E-state index is 0.647. The van der Waals surface area contributed by atoms with Crippen molar-refractivity contribution in [2.45, 2.75) is 13.3 Å². The van der Waals surface area contributed by atoms with E-state index in [9.17, 15) is 0 Å². The monoisotopic (exact) mass is 152 g/mol. The van der Waals surface area contributed by atoms with Gasteiger partial charge in [-0.05, 0) is 12.5 Å². The maximum atomic E-state index is 5.60. The molecule has 3 heteroatoms. The van der Waals surface area contributed by atoms with Crippen molar-refractivity contribution in [1.82, 2.24) is 4.98 Å². The lowest BCUT2D eigenvalue weighted by Gasteiger charge is -2.05. The first-order valence-corrected chi connectivity index (χ1v) is 3.67. The number of anilines is 1. The van der Waals surface area contributed by atoms with Gasteiger partial charge in [0.25, 0.3) is 0 Å². The summed E-state index contributed by atoms with van der Waals surface area (Å²) in [6, 6.07) is 1.73. The molecule has 11 heavy (non-hydrogen) atoms. The SMILES string of the molecule is CCCOc1cnccc1N. The fourth-order valence-electron chi connectivity index (χ4n) is 0.723. The Morgan fingerprint density at radius 1 is 1.64 bits per heavy atom. The first-order chi connectivity index (χ1) is 5.34. The Hall–Kier alpha value is -1.25. The molecular weight excluding hydrogens is 140 g/mol. The van der Waals surface area contributed by atoms with E-state index >= 15 is 0 Å². The second kappa shape index (κ2) is 3.81. The summed E-state index contributed by atoms with van der Waals surface area (Å²) in [6.45, 7) is 2.74. The van der Waals surface area contributed by atoms with Gasteiger partial charge in [-0.2, -0.15) is 0 Å². The van der Waals surface area contributed by atoms with E-state index in [0.717, 1.165) is 6.42 Å². The molecule has 0 atom stereocenters. The minimum Gasteiger partial charge on any atom is -0.490 e. The van der Waals surface area contributed by atoms with Gasteiger partial charge in [0.05, 0.1) is 18.5 Å². The van der Waals surface area contributed by atoms with Crippen molar-refractivity contribution >= 4 is 5.69 Å². The summed E-state index contributed by atoms with van der Waals surface area (Å²) < 4.78 is 5.30. The van der Waals surface area contributed by atoms with Crippen LogP contribution in [0.1, 0.15) is 13.3 Å². The molecule has 0 aliphatic rings. The quantitative estimate of drug-likeness (QED) is 0.713. The van der Waals surface area contributed by atoms with E-state index in [0.29, 0.717) is 18.0 Å². The van der Waals surface area contributed by atoms with E-state index in [4.69, 9.17) is 10.5 Å². The number of hydrogen-bond acceptors (Lipinski definition) is 3. The molecule has 1 heterocycles. The zero-order chi connectivity index (χ0) is 8.10. The Morgan fingerprint density at radius 3 is 3.09 bits per heavy atom. The van der Waals surface area contributed by atoms with E-state index in [1.165, 1.54) is 0 Å². The number of aromatic nitrogens is 1. The standard InChI is InChI=1S/C8H12N2O/c1-2-5-11-8-6-10-4-3-7(8)9/h3-4,6H,2,5H2,1H3,(H2,9,10). The lowest BCUT2D eigenvalue weighted by Crippen LogP contribution is -1.98. The minimum absolute atomic E-state index is 0.647. The molecule has 0 fully saturated rings. The zero-order valence-electron chi connectivity index (χ0n) is 6.58. The van der Waals surface area contributed by atoms with E-state index in [2.05, 4.69) is 4.98 Å². The Balaban J connectivity index is 2.62. The van der Waals surface area contributed by atoms with Crippen molar-refractivity contribution in [1.29, 1.82) is 0 Å². The van der Waals surface area contributed by atoms with Gasteiger partial charge in [-0.1, -0.05) is 6.92 Å². The van der Waals surface area contributed by atoms with Crippen molar-refractivity contribution in [2.75, 3.05) is 12.3 Å². The molecule has 2 N–H and O–H groups in total. The van der Waals surface area contributed by atoms with Crippen LogP contribution >= 0.6 is 0 Å². The van der Waals surface area contributed by atoms with Crippen LogP contribution in [-0.2, 0) is 0 Å². The van der Waals surface area contributed by atoms with Crippen molar-refractivity contribution in [3.8, 4) is 5.75 Å². The van der Waals surface area contributed by atoms with Crippen LogP contribution in [0.2, 0.25) is 0 Å². The van der Waals surface area contributed by atoms with Gasteiger partial charge in [0.1, 0.15) is 0 Å². The van der Waals surface area contributed by atoms with E-state index < -0.39 is 0 Å². The van der Waals surface area contributed by atoms with Crippen molar-refractivity contribution in [3.05, 3.63) is 18.5 Å². The summed E-state index contributed by atoms with van der Waals surface area (Å²) in [5.41, 5.74) is 6.24. The summed E-state index contributed by atoms with van der Waals surface area (Å²) in [5, 5.41) is 0. The molecule has 1 aromatic heterocycles. The van der Waals surface area contributed by atoms with Crippen LogP contribution in [-0.4, -0.2) is 11.6 Å². The van der Waals surface area contributed by atoms with E-state index in [1.807, 2.05) is 6.92 Å². The average molecular weight is 152 g/mol. The van der Waals surface area contributed by atoms with Crippen LogP contribution in [0, 0.1) is 0 Å². The third kappa shape index (κ3) is 2.11. The maximum absolute atomic E-state index is 5.60. The predicted molar refractivity (Wildman–Crippen MR) is 44.4 cm³/mol. The molecule has 0 aliphatic carbocycles. The van der Waals surface area contributed by atoms with Gasteiger partial charge in [-0.15, -0.1) is 0 Å². The van der Waals surface area contributed by atoms with Gasteiger partial charge in [0.2, 0.25) is 0 Å². The van der Waals surface area contributed by atoms with Gasteiger partial charge in [-0.25, -0.2) is 0 Å². The molecule has 0 spiro atoms. The highest BCUT2D eigenvalue weighted by Gasteiger charge is 1.96. The lowest BCUT2D eigenvalue weighted by molar-refractivity contribution is 0.318. The largest absolute Gasteiger partial charge is 0.490 e. The summed E-state index contributed by atoms with van der Waals surface area (Å²) >= 11 is 0. The van der Waals surface area contributed by atoms with Crippen LogP contribution in [0.3, 0.4) is 0 Å². The first-order valence-electron chi connectivity index (χ1n) is 3.67. The normalized spacial score (nSPS) is 9.55. The first kappa shape index (κ1) is 7.85. The maximum Gasteiger partial charge on any atom is 0.160 e. The fraction of sp³-hybridized carbons (Fsp3) is 0.375. The number of nitrogens with zero attached hydrogens (tertiary/aromatic N) is 1. The van der Waals surface area contributed by atoms with Crippen LogP contribution in [0.25, 0.3) is 0 Å². The predicted octanol–water partition coefficient (Wildman–Crippen LogP) is 1.45. The van der Waals surface area contributed by atoms with E-state index in [-0.39, 0.29) is 0 Å². The van der Waals surface area contributed by atoms with E-state index in [1.54, 1.807) is 18.5 Å². The summed E-state index contributed by atoms with van der Waals surface area (Å²) in [4.78, 5) is 3.89. The van der Waals surface area contributed by atoms with Crippen LogP contribution in [0.4, 0.5) is 5.69 Å². The Labute approximate surface area is 66.2 Å². The molecule has 3 nitrogen and oxygen atoms in total. The topological polar surface area (TPSA) is 48.1 Å². The molecule has 0 aliphatic heterocycles. The number of nitrogen functional groups attached to an aromatic ring is 1. The molecular formula is C8H12N2O. The molecule has 0 saturated carbocycles. The highest BCUT2D eigenvalue weighted by Crippen LogP contribution is 2.17. The van der Waals surface area contributed by atoms with Gasteiger partial charge >= 0.3 is 0 Å². The van der Waals surface area contributed by atoms with Crippen LogP contribution < -0.4 is 10.5 Å². The molecule has 0 amide bonds. The molecule has 60 valence electrons. The summed E-state index contributed by atoms with van der Waals surface area (Å²) in [5.74, 6) is 0.675. The number of nitrogens with two attached hydrogens (primary N) is 1. The molecule has 0 saturated heterocycles. The van der Waals surface area contributed by atoms with Gasteiger partial charge < -0.3 is 10.5 Å². The number of pyridine rings is 1. The summed E-state index contributed by atoms with van der Waals surface area (Å²) in [7, 11) is 0. The van der Waals surface area contributed by atoms with Gasteiger partial charge in [0.15, 0.2) is 5.75 Å². The Bertz CT molecular complexity index is 225. The molecule has 0 unspecified atom stereocenters. The van der Waals surface area contributed by atoms with Crippen LogP contribution in [0.15, 0.2) is 18.5 Å². The Kier molecular flexibility index (Phi) is 2.72. The molecule has 1 rings (SSSR count). The molecule has 0 radical (unpaired) electrons. The smallest absolute Gasteiger partial charge is 0.160 e. The fourth-order valence-corrected chi connectivity index (χ4v) is 0.723. The Morgan fingerprint density at radius 2 is 2.45 bits per heavy atom. The van der Waals surface area contributed by atoms with Crippen molar-refractivity contribution in [3.63, 3.8) is 0 Å². The van der Waals surface area contributed by atoms with Gasteiger partial charge in [0, 0.05) is 6.20 Å². The molecule has 0 bridgehead atoms. The third-order valence-electron chi connectivity index (χ3n) is 1.28. The van der Waals surface area contributed by atoms with Crippen molar-refractivity contribution in [2.24, 2.45) is 0 Å². The second-order valence-corrected chi connectivity index (χ2v) is 2.26. The lowest BCUT2D eigenvalue weighted by atomic mass is 10.4. The number of hydrogen-bond donors (Lipinski definition) is 1. The zero-order valence-corrected chi connectivity index (χ0v) is 6.58. The summed E-state index contributed by atoms with van der Waals surface area (Å²) in [6.07, 6.45) is 4.26. The number of rotatable bonds is 3.